The normalized spacial score (nSPS) is 26.9. The lowest BCUT2D eigenvalue weighted by Gasteiger charge is -2.37. The summed E-state index contributed by atoms with van der Waals surface area (Å²) in [4.78, 5) is 33.2. The van der Waals surface area contributed by atoms with Crippen molar-refractivity contribution in [1.29, 1.82) is 0 Å². The maximum atomic E-state index is 11.4. The summed E-state index contributed by atoms with van der Waals surface area (Å²) in [7, 11) is 0. The second-order valence-corrected chi connectivity index (χ2v) is 4.39. The molecule has 16 heavy (non-hydrogen) atoms. The van der Waals surface area contributed by atoms with Gasteiger partial charge in [-0.05, 0) is 26.2 Å². The summed E-state index contributed by atoms with van der Waals surface area (Å²) in [6.45, 7) is 1.84. The molecule has 1 aliphatic carbocycles. The summed E-state index contributed by atoms with van der Waals surface area (Å²) in [5, 5.41) is 2.33. The summed E-state index contributed by atoms with van der Waals surface area (Å²) >= 11 is 0. The van der Waals surface area contributed by atoms with Crippen molar-refractivity contribution in [3.05, 3.63) is 0 Å². The van der Waals surface area contributed by atoms with Gasteiger partial charge in [-0.25, -0.2) is 9.59 Å². The average molecular weight is 227 g/mol. The molecule has 0 spiro atoms. The van der Waals surface area contributed by atoms with Gasteiger partial charge in [-0.2, -0.15) is 0 Å². The quantitative estimate of drug-likeness (QED) is 0.548. The van der Waals surface area contributed by atoms with Crippen LogP contribution in [0.25, 0.3) is 0 Å². The standard InChI is InChI=1S/C10H13NO5/c1-10(3-2-4-10)16-9(14)11-6-5-7(12)15-8(6)13/h6H,2-5H2,1H3,(H,11,14)/t6-/m0/s1. The van der Waals surface area contributed by atoms with Gasteiger partial charge < -0.3 is 14.8 Å². The minimum Gasteiger partial charge on any atom is -0.443 e. The molecule has 0 aromatic heterocycles. The van der Waals surface area contributed by atoms with E-state index in [-0.39, 0.29) is 6.42 Å². The summed E-state index contributed by atoms with van der Waals surface area (Å²) in [5.74, 6) is -1.34. The first-order chi connectivity index (χ1) is 7.48. The highest BCUT2D eigenvalue weighted by atomic mass is 16.6. The van der Waals surface area contributed by atoms with Crippen LogP contribution in [-0.2, 0) is 19.1 Å². The molecule has 1 amide bonds. The molecule has 1 saturated carbocycles. The van der Waals surface area contributed by atoms with E-state index in [0.29, 0.717) is 0 Å². The Kier molecular flexibility index (Phi) is 2.57. The van der Waals surface area contributed by atoms with E-state index in [0.717, 1.165) is 19.3 Å². The third-order valence-electron chi connectivity index (χ3n) is 2.91. The molecule has 0 unspecified atom stereocenters. The monoisotopic (exact) mass is 227 g/mol. The molecule has 2 aliphatic rings. The molecular weight excluding hydrogens is 214 g/mol. The predicted molar refractivity (Wildman–Crippen MR) is 51.4 cm³/mol. The van der Waals surface area contributed by atoms with E-state index in [1.165, 1.54) is 0 Å². The number of hydrogen-bond donors (Lipinski definition) is 1. The predicted octanol–water partition coefficient (Wildman–Crippen LogP) is 0.497. The molecule has 0 aromatic rings. The number of rotatable bonds is 2. The van der Waals surface area contributed by atoms with E-state index < -0.39 is 29.7 Å². The van der Waals surface area contributed by atoms with Gasteiger partial charge in [0.05, 0.1) is 6.42 Å². The van der Waals surface area contributed by atoms with Crippen molar-refractivity contribution >= 4 is 18.0 Å². The molecule has 6 heteroatoms. The zero-order valence-electron chi connectivity index (χ0n) is 8.95. The number of hydrogen-bond acceptors (Lipinski definition) is 5. The van der Waals surface area contributed by atoms with Crippen molar-refractivity contribution in [3.8, 4) is 0 Å². The SMILES string of the molecule is CC1(OC(=O)N[C@H]2CC(=O)OC2=O)CCC1. The van der Waals surface area contributed by atoms with Gasteiger partial charge in [0.15, 0.2) is 0 Å². The second-order valence-electron chi connectivity index (χ2n) is 4.39. The van der Waals surface area contributed by atoms with Gasteiger partial charge in [0, 0.05) is 0 Å². The van der Waals surface area contributed by atoms with Crippen molar-refractivity contribution in [2.75, 3.05) is 0 Å². The van der Waals surface area contributed by atoms with Gasteiger partial charge in [0.2, 0.25) is 0 Å². The molecule has 88 valence electrons. The Morgan fingerprint density at radius 3 is 2.62 bits per heavy atom. The van der Waals surface area contributed by atoms with E-state index in [9.17, 15) is 14.4 Å². The van der Waals surface area contributed by atoms with Crippen LogP contribution in [0.5, 0.6) is 0 Å². The van der Waals surface area contributed by atoms with Crippen LogP contribution in [0, 0.1) is 0 Å². The highest BCUT2D eigenvalue weighted by molar-refractivity contribution is 5.98. The molecule has 2 rings (SSSR count). The van der Waals surface area contributed by atoms with E-state index >= 15 is 0 Å². The maximum Gasteiger partial charge on any atom is 0.408 e. The first-order valence-electron chi connectivity index (χ1n) is 5.23. The number of alkyl carbamates (subject to hydrolysis) is 1. The fourth-order valence-corrected chi connectivity index (χ4v) is 1.76. The Labute approximate surface area is 92.3 Å². The largest absolute Gasteiger partial charge is 0.443 e. The summed E-state index contributed by atoms with van der Waals surface area (Å²) < 4.78 is 9.45. The maximum absolute atomic E-state index is 11.4. The molecular formula is C10H13NO5. The van der Waals surface area contributed by atoms with E-state index in [1.807, 2.05) is 6.92 Å². The number of carbonyl (C=O) groups is 3. The van der Waals surface area contributed by atoms with Crippen LogP contribution < -0.4 is 5.32 Å². The fraction of sp³-hybridized carbons (Fsp3) is 0.700. The Hall–Kier alpha value is -1.59. The number of nitrogens with one attached hydrogen (secondary N) is 1. The molecule has 1 saturated heterocycles. The zero-order valence-corrected chi connectivity index (χ0v) is 8.95. The molecule has 1 atom stereocenters. The van der Waals surface area contributed by atoms with Gasteiger partial charge in [-0.1, -0.05) is 0 Å². The summed E-state index contributed by atoms with van der Waals surface area (Å²) in [6, 6.07) is -0.899. The first-order valence-corrected chi connectivity index (χ1v) is 5.23. The van der Waals surface area contributed by atoms with E-state index in [2.05, 4.69) is 10.1 Å². The molecule has 0 aromatic carbocycles. The van der Waals surface area contributed by atoms with E-state index in [1.54, 1.807) is 0 Å². The Morgan fingerprint density at radius 2 is 2.19 bits per heavy atom. The third kappa shape index (κ3) is 2.15. The molecule has 0 bridgehead atoms. The van der Waals surface area contributed by atoms with Crippen LogP contribution in [-0.4, -0.2) is 29.7 Å². The van der Waals surface area contributed by atoms with Gasteiger partial charge in [0.25, 0.3) is 0 Å². The van der Waals surface area contributed by atoms with E-state index in [4.69, 9.17) is 4.74 Å². The minimum atomic E-state index is -0.899. The number of carbonyl (C=O) groups excluding carboxylic acids is 3. The van der Waals surface area contributed by atoms with Gasteiger partial charge in [-0.3, -0.25) is 4.79 Å². The van der Waals surface area contributed by atoms with Crippen molar-refractivity contribution in [1.82, 2.24) is 5.32 Å². The minimum absolute atomic E-state index is 0.120. The highest BCUT2D eigenvalue weighted by Gasteiger charge is 2.39. The topological polar surface area (TPSA) is 81.7 Å². The molecule has 1 N–H and O–H groups in total. The van der Waals surface area contributed by atoms with Gasteiger partial charge in [-0.15, -0.1) is 0 Å². The smallest absolute Gasteiger partial charge is 0.408 e. The number of ether oxygens (including phenoxy) is 2. The van der Waals surface area contributed by atoms with Crippen LogP contribution in [0.15, 0.2) is 0 Å². The molecule has 1 aliphatic heterocycles. The van der Waals surface area contributed by atoms with Crippen LogP contribution >= 0.6 is 0 Å². The van der Waals surface area contributed by atoms with Crippen molar-refractivity contribution in [3.63, 3.8) is 0 Å². The zero-order chi connectivity index (χ0) is 11.8. The average Bonchev–Trinajstić information content (AvgIpc) is 2.42. The fourth-order valence-electron chi connectivity index (χ4n) is 1.76. The molecule has 2 fully saturated rings. The molecule has 0 radical (unpaired) electrons. The van der Waals surface area contributed by atoms with Gasteiger partial charge >= 0.3 is 18.0 Å². The molecule has 1 heterocycles. The van der Waals surface area contributed by atoms with Crippen LogP contribution in [0.1, 0.15) is 32.6 Å². The van der Waals surface area contributed by atoms with Crippen molar-refractivity contribution in [2.24, 2.45) is 0 Å². The number of esters is 2. The number of cyclic esters (lactones) is 2. The third-order valence-corrected chi connectivity index (χ3v) is 2.91. The Balaban J connectivity index is 1.83. The highest BCUT2D eigenvalue weighted by Crippen LogP contribution is 2.34. The Morgan fingerprint density at radius 1 is 1.50 bits per heavy atom. The van der Waals surface area contributed by atoms with Crippen LogP contribution in [0.4, 0.5) is 4.79 Å². The second kappa shape index (κ2) is 3.77. The van der Waals surface area contributed by atoms with Crippen molar-refractivity contribution < 1.29 is 23.9 Å². The lowest BCUT2D eigenvalue weighted by Crippen LogP contribution is -2.45. The van der Waals surface area contributed by atoms with Crippen LogP contribution in [0.2, 0.25) is 0 Å². The first kappa shape index (κ1) is 10.9. The summed E-state index contributed by atoms with van der Waals surface area (Å²) in [5.41, 5.74) is -0.420. The lowest BCUT2D eigenvalue weighted by molar-refractivity contribution is -0.152. The van der Waals surface area contributed by atoms with Crippen LogP contribution in [0.3, 0.4) is 0 Å². The van der Waals surface area contributed by atoms with Crippen molar-refractivity contribution in [2.45, 2.75) is 44.2 Å². The number of amides is 1. The summed E-state index contributed by atoms with van der Waals surface area (Å²) in [6.07, 6.45) is 1.90. The Bertz CT molecular complexity index is 347. The lowest BCUT2D eigenvalue weighted by atomic mass is 9.82. The van der Waals surface area contributed by atoms with Gasteiger partial charge in [0.1, 0.15) is 11.6 Å². The molecule has 6 nitrogen and oxygen atoms in total.